The molecule has 4 N–H and O–H groups in total. The van der Waals surface area contributed by atoms with Crippen LogP contribution in [0.1, 0.15) is 84.5 Å². The normalized spacial score (nSPS) is 13.7. The van der Waals surface area contributed by atoms with Crippen LogP contribution in [0.3, 0.4) is 0 Å². The van der Waals surface area contributed by atoms with Gasteiger partial charge in [0, 0.05) is 11.1 Å². The molecule has 20 heteroatoms. The summed E-state index contributed by atoms with van der Waals surface area (Å²) in [6.45, 7) is 13.8. The molecule has 0 atom stereocenters. The second kappa shape index (κ2) is 19.4. The molecule has 0 bridgehead atoms. The van der Waals surface area contributed by atoms with Crippen molar-refractivity contribution in [2.45, 2.75) is 78.8 Å². The Morgan fingerprint density at radius 3 is 1.46 bits per heavy atom. The Bertz CT molecular complexity index is 3050. The number of ether oxygens (including phenoxy) is 4. The number of aromatic carboxylic acids is 2. The van der Waals surface area contributed by atoms with Gasteiger partial charge in [0.05, 0.1) is 33.3 Å². The molecule has 0 saturated heterocycles. The van der Waals surface area contributed by atoms with Crippen LogP contribution in [0.25, 0.3) is 22.5 Å². The number of nitrogens with one attached hydrogen (secondary N) is 2. The molecule has 4 aromatic carbocycles. The topological polar surface area (TPSA) is 195 Å². The Kier molecular flexibility index (Phi) is 14.2. The maximum absolute atomic E-state index is 14.5. The van der Waals surface area contributed by atoms with Gasteiger partial charge in [-0.05, 0) is 137 Å². The first-order chi connectivity index (χ1) is 32.7. The largest absolute Gasteiger partial charge is 0.586 e. The first kappa shape index (κ1) is 51.2. The van der Waals surface area contributed by atoms with E-state index in [0.717, 1.165) is 24.3 Å². The van der Waals surface area contributed by atoms with Crippen LogP contribution in [0.5, 0.6) is 23.0 Å². The summed E-state index contributed by atoms with van der Waals surface area (Å²) in [5.41, 5.74) is -0.0643. The molecule has 8 rings (SSSR count). The van der Waals surface area contributed by atoms with Gasteiger partial charge in [0.2, 0.25) is 11.8 Å². The number of pyridine rings is 2. The summed E-state index contributed by atoms with van der Waals surface area (Å²) in [7, 11) is 0. The van der Waals surface area contributed by atoms with Crippen LogP contribution in [0, 0.1) is 25.5 Å². The molecule has 6 aromatic rings. The molecule has 2 amide bonds. The Balaban J connectivity index is 0.000000222. The second-order valence-electron chi connectivity index (χ2n) is 16.6. The van der Waals surface area contributed by atoms with Crippen molar-refractivity contribution in [3.63, 3.8) is 0 Å². The van der Waals surface area contributed by atoms with E-state index in [1.807, 2.05) is 13.8 Å². The van der Waals surface area contributed by atoms with Crippen LogP contribution in [0.4, 0.5) is 38.0 Å². The number of fused-ring (bicyclic) bond motifs is 2. The van der Waals surface area contributed by atoms with Crippen molar-refractivity contribution in [1.29, 1.82) is 0 Å². The predicted molar refractivity (Wildman–Crippen MR) is 243 cm³/mol. The maximum atomic E-state index is 14.5. The quantitative estimate of drug-likeness (QED) is 0.0950. The number of carboxylic acids is 2. The van der Waals surface area contributed by atoms with Crippen molar-refractivity contribution in [3.05, 3.63) is 142 Å². The highest BCUT2D eigenvalue weighted by Gasteiger charge is 2.45. The molecule has 0 aliphatic carbocycles. The molecule has 2 aromatic heterocycles. The van der Waals surface area contributed by atoms with Crippen molar-refractivity contribution in [2.24, 2.45) is 0 Å². The van der Waals surface area contributed by atoms with E-state index in [9.17, 15) is 55.7 Å². The highest BCUT2D eigenvalue weighted by molar-refractivity contribution is 5.99. The van der Waals surface area contributed by atoms with Crippen molar-refractivity contribution in [3.8, 4) is 45.5 Å². The number of halogens is 6. The number of hydrogen-bond donors (Lipinski definition) is 4. The average Bonchev–Trinajstić information content (AvgIpc) is 3.79. The fourth-order valence-electron chi connectivity index (χ4n) is 6.93. The van der Waals surface area contributed by atoms with E-state index >= 15 is 0 Å². The number of benzene rings is 4. The summed E-state index contributed by atoms with van der Waals surface area (Å²) in [5, 5.41) is 23.7. The van der Waals surface area contributed by atoms with Crippen molar-refractivity contribution in [2.75, 3.05) is 10.6 Å². The number of carboxylic acid groups (broad SMARTS) is 2. The smallest absolute Gasteiger partial charge is 0.478 e. The Labute approximate surface area is 396 Å². The van der Waals surface area contributed by atoms with Crippen LogP contribution in [-0.4, -0.2) is 56.5 Å². The Morgan fingerprint density at radius 1 is 0.543 bits per heavy atom. The Hall–Kier alpha value is -8.16. The van der Waals surface area contributed by atoms with Gasteiger partial charge < -0.3 is 39.8 Å². The molecule has 4 heterocycles. The van der Waals surface area contributed by atoms with E-state index in [0.29, 0.717) is 27.9 Å². The molecule has 0 spiro atoms. The molecular weight excluding hydrogens is 931 g/mol. The van der Waals surface area contributed by atoms with E-state index in [2.05, 4.69) is 39.5 Å². The summed E-state index contributed by atoms with van der Waals surface area (Å²) in [6.07, 6.45) is -7.55. The predicted octanol–water partition coefficient (Wildman–Crippen LogP) is 11.3. The van der Waals surface area contributed by atoms with Gasteiger partial charge in [-0.2, -0.15) is 0 Å². The first-order valence-corrected chi connectivity index (χ1v) is 21.2. The maximum Gasteiger partial charge on any atom is 0.586 e. The SMILES string of the molecule is CC.Cc1ccc(NC(=O)C(C)(C)c2ccc3c(c2)OC(F)(F)O3)nc1-c1cc(C(=O)O)ccc1F.Cc1ccc(NC(=O)C(C)(C)c2ccc3c(c2)OC(F)(F)O3)nc1-c1cc(F)cc(C(=O)O)c1. The van der Waals surface area contributed by atoms with Gasteiger partial charge in [0.1, 0.15) is 23.3 Å². The zero-order valence-corrected chi connectivity index (χ0v) is 38.6. The zero-order chi connectivity index (χ0) is 51.7. The lowest BCUT2D eigenvalue weighted by Crippen LogP contribution is -2.35. The number of hydrogen-bond acceptors (Lipinski definition) is 10. The third-order valence-corrected chi connectivity index (χ3v) is 10.9. The van der Waals surface area contributed by atoms with E-state index in [-0.39, 0.29) is 62.6 Å². The fourth-order valence-corrected chi connectivity index (χ4v) is 6.93. The van der Waals surface area contributed by atoms with E-state index in [1.54, 1.807) is 59.7 Å². The summed E-state index contributed by atoms with van der Waals surface area (Å²) >= 11 is 0. The molecule has 2 aliphatic heterocycles. The molecule has 14 nitrogen and oxygen atoms in total. The number of carbonyl (C=O) groups is 4. The summed E-state index contributed by atoms with van der Waals surface area (Å²) in [6, 6.07) is 21.2. The molecule has 366 valence electrons. The monoisotopic (exact) mass is 974 g/mol. The number of nitrogens with zero attached hydrogens (tertiary/aromatic N) is 2. The van der Waals surface area contributed by atoms with Gasteiger partial charge in [0.15, 0.2) is 23.0 Å². The van der Waals surface area contributed by atoms with Crippen molar-refractivity contribution >= 4 is 35.4 Å². The van der Waals surface area contributed by atoms with Gasteiger partial charge in [-0.15, -0.1) is 17.6 Å². The minimum absolute atomic E-state index is 0.0236. The van der Waals surface area contributed by atoms with Crippen LogP contribution < -0.4 is 29.6 Å². The molecule has 70 heavy (non-hydrogen) atoms. The van der Waals surface area contributed by atoms with Crippen LogP contribution >= 0.6 is 0 Å². The third kappa shape index (κ3) is 11.1. The average molecular weight is 975 g/mol. The number of aryl methyl sites for hydroxylation is 2. The summed E-state index contributed by atoms with van der Waals surface area (Å²) in [4.78, 5) is 57.4. The van der Waals surface area contributed by atoms with E-state index in [4.69, 9.17) is 0 Å². The van der Waals surface area contributed by atoms with Crippen LogP contribution in [-0.2, 0) is 20.4 Å². The summed E-state index contributed by atoms with van der Waals surface area (Å²) < 4.78 is 99.5. The molecular formula is C50H44F6N4O10. The fraction of sp³-hybridized carbons (Fsp3) is 0.240. The number of alkyl halides is 4. The van der Waals surface area contributed by atoms with Gasteiger partial charge >= 0.3 is 24.5 Å². The second-order valence-corrected chi connectivity index (χ2v) is 16.6. The molecule has 0 radical (unpaired) electrons. The Morgan fingerprint density at radius 2 is 0.986 bits per heavy atom. The lowest BCUT2D eigenvalue weighted by molar-refractivity contribution is -0.287. The number of aromatic nitrogens is 2. The number of carbonyl (C=O) groups excluding carboxylic acids is 2. The van der Waals surface area contributed by atoms with Crippen molar-refractivity contribution < 1.29 is 74.7 Å². The lowest BCUT2D eigenvalue weighted by atomic mass is 9.83. The molecule has 0 saturated carbocycles. The zero-order valence-electron chi connectivity index (χ0n) is 38.6. The van der Waals surface area contributed by atoms with Crippen LogP contribution in [0.2, 0.25) is 0 Å². The van der Waals surface area contributed by atoms with Gasteiger partial charge in [-0.3, -0.25) is 9.59 Å². The lowest BCUT2D eigenvalue weighted by Gasteiger charge is -2.24. The van der Waals surface area contributed by atoms with Crippen LogP contribution in [0.15, 0.2) is 97.1 Å². The number of amides is 2. The minimum Gasteiger partial charge on any atom is -0.478 e. The van der Waals surface area contributed by atoms with Gasteiger partial charge in [-0.1, -0.05) is 38.1 Å². The highest BCUT2D eigenvalue weighted by atomic mass is 19.3. The van der Waals surface area contributed by atoms with Crippen molar-refractivity contribution in [1.82, 2.24) is 9.97 Å². The standard InChI is InChI=1S/2C24H19F3N2O5.C2H6/c1-12-4-9-19(28-20(12)15-10-13(21(30)31)5-7-16(15)25)29-22(32)23(2,3)14-6-8-17-18(11-14)34-24(26,27)33-17;1-12-4-7-19(28-20(12)13-8-14(21(30)31)10-16(25)9-13)29-22(32)23(2,3)15-5-6-17-18(11-15)34-24(26,27)33-17;1-2/h2*4-11H,1-3H3,(H,30,31)(H,28,29,32);1-2H3. The number of anilines is 2. The first-order valence-electron chi connectivity index (χ1n) is 21.2. The highest BCUT2D eigenvalue weighted by Crippen LogP contribution is 2.45. The van der Waals surface area contributed by atoms with Gasteiger partial charge in [-0.25, -0.2) is 28.3 Å². The van der Waals surface area contributed by atoms with E-state index in [1.165, 1.54) is 54.6 Å². The molecule has 0 unspecified atom stereocenters. The van der Waals surface area contributed by atoms with Gasteiger partial charge in [0.25, 0.3) is 0 Å². The third-order valence-electron chi connectivity index (χ3n) is 10.9. The minimum atomic E-state index is -3.78. The number of rotatable bonds is 10. The van der Waals surface area contributed by atoms with E-state index < -0.39 is 58.8 Å². The molecule has 2 aliphatic rings. The molecule has 0 fully saturated rings. The summed E-state index contributed by atoms with van der Waals surface area (Å²) in [5.74, 6) is -5.30.